The van der Waals surface area contributed by atoms with Crippen LogP contribution in [0.5, 0.6) is 0 Å². The summed E-state index contributed by atoms with van der Waals surface area (Å²) < 4.78 is 0. The maximum Gasteiger partial charge on any atom is 0.263 e. The highest BCUT2D eigenvalue weighted by molar-refractivity contribution is 7.13. The molecule has 1 atom stereocenters. The van der Waals surface area contributed by atoms with Gasteiger partial charge in [0.15, 0.2) is 0 Å². The number of hydrogen-bond acceptors (Lipinski definition) is 4. The van der Waals surface area contributed by atoms with Crippen LogP contribution in [-0.4, -0.2) is 17.4 Å². The molecule has 0 bridgehead atoms. The Morgan fingerprint density at radius 1 is 1.43 bits per heavy atom. The van der Waals surface area contributed by atoms with Gasteiger partial charge in [-0.25, -0.2) is 4.98 Å². The molecular formula is C16H17N3OS. The van der Waals surface area contributed by atoms with Gasteiger partial charge in [0.25, 0.3) is 5.91 Å². The average Bonchev–Trinajstić information content (AvgIpc) is 2.92. The summed E-state index contributed by atoms with van der Waals surface area (Å²) >= 11 is 1.39. The number of aryl methyl sites for hydroxylation is 1. The molecule has 2 rings (SSSR count). The fraction of sp³-hybridized carbons (Fsp3) is 0.250. The molecule has 0 radical (unpaired) electrons. The maximum absolute atomic E-state index is 12.1. The summed E-state index contributed by atoms with van der Waals surface area (Å²) in [5, 5.41) is 3.85. The maximum atomic E-state index is 12.1. The molecule has 1 heterocycles. The van der Waals surface area contributed by atoms with Gasteiger partial charge in [0, 0.05) is 5.56 Å². The second-order valence-electron chi connectivity index (χ2n) is 4.57. The van der Waals surface area contributed by atoms with Crippen molar-refractivity contribution in [3.63, 3.8) is 0 Å². The van der Waals surface area contributed by atoms with Crippen molar-refractivity contribution >= 4 is 17.2 Å². The Hall–Kier alpha value is -2.16. The number of nitrogens with zero attached hydrogens (tertiary/aromatic N) is 1. The molecule has 1 unspecified atom stereocenters. The SMILES string of the molecule is Cc1ncc(C(=O)NC(C)c2ccc(C#CCN)cc2)s1. The first kappa shape index (κ1) is 15.2. The number of benzene rings is 1. The van der Waals surface area contributed by atoms with Gasteiger partial charge in [-0.3, -0.25) is 4.79 Å². The van der Waals surface area contributed by atoms with E-state index < -0.39 is 0 Å². The van der Waals surface area contributed by atoms with E-state index in [0.717, 1.165) is 16.1 Å². The van der Waals surface area contributed by atoms with Crippen molar-refractivity contribution in [1.29, 1.82) is 0 Å². The van der Waals surface area contributed by atoms with Crippen LogP contribution < -0.4 is 11.1 Å². The van der Waals surface area contributed by atoms with Crippen molar-refractivity contribution in [2.75, 3.05) is 6.54 Å². The lowest BCUT2D eigenvalue weighted by Crippen LogP contribution is -2.25. The largest absolute Gasteiger partial charge is 0.345 e. The van der Waals surface area contributed by atoms with Gasteiger partial charge in [-0.15, -0.1) is 11.3 Å². The fourth-order valence-corrected chi connectivity index (χ4v) is 2.51. The van der Waals surface area contributed by atoms with E-state index in [1.165, 1.54) is 11.3 Å². The molecule has 0 saturated carbocycles. The van der Waals surface area contributed by atoms with E-state index in [2.05, 4.69) is 22.1 Å². The zero-order valence-electron chi connectivity index (χ0n) is 12.0. The molecule has 0 saturated heterocycles. The fourth-order valence-electron chi connectivity index (χ4n) is 1.83. The molecule has 0 fully saturated rings. The van der Waals surface area contributed by atoms with Crippen molar-refractivity contribution in [1.82, 2.24) is 10.3 Å². The molecule has 1 aromatic heterocycles. The second-order valence-corrected chi connectivity index (χ2v) is 5.80. The van der Waals surface area contributed by atoms with Crippen LogP contribution in [0.15, 0.2) is 30.5 Å². The molecule has 21 heavy (non-hydrogen) atoms. The van der Waals surface area contributed by atoms with Gasteiger partial charge >= 0.3 is 0 Å². The lowest BCUT2D eigenvalue weighted by atomic mass is 10.1. The number of carbonyl (C=O) groups excluding carboxylic acids is 1. The van der Waals surface area contributed by atoms with Crippen molar-refractivity contribution in [3.8, 4) is 11.8 Å². The zero-order chi connectivity index (χ0) is 15.2. The number of rotatable bonds is 3. The normalized spacial score (nSPS) is 11.4. The Morgan fingerprint density at radius 3 is 2.71 bits per heavy atom. The van der Waals surface area contributed by atoms with Crippen LogP contribution >= 0.6 is 11.3 Å². The standard InChI is InChI=1S/C16H17N3OS/c1-11(19-16(20)15-10-18-12(2)21-15)14-7-5-13(6-8-14)4-3-9-17/h5-8,10-11H,9,17H2,1-2H3,(H,19,20). The van der Waals surface area contributed by atoms with Gasteiger partial charge in [-0.2, -0.15) is 0 Å². The number of carbonyl (C=O) groups is 1. The Balaban J connectivity index is 2.03. The first-order valence-corrected chi connectivity index (χ1v) is 7.44. The smallest absolute Gasteiger partial charge is 0.263 e. The zero-order valence-corrected chi connectivity index (χ0v) is 12.8. The van der Waals surface area contributed by atoms with Crippen LogP contribution in [0.3, 0.4) is 0 Å². The number of aromatic nitrogens is 1. The van der Waals surface area contributed by atoms with E-state index in [-0.39, 0.29) is 11.9 Å². The quantitative estimate of drug-likeness (QED) is 0.854. The van der Waals surface area contributed by atoms with E-state index in [4.69, 9.17) is 5.73 Å². The van der Waals surface area contributed by atoms with Crippen molar-refractivity contribution < 1.29 is 4.79 Å². The summed E-state index contributed by atoms with van der Waals surface area (Å²) in [5.41, 5.74) is 7.29. The molecule has 3 N–H and O–H groups in total. The third-order valence-corrected chi connectivity index (χ3v) is 3.85. The Kier molecular flexibility index (Phi) is 5.09. The van der Waals surface area contributed by atoms with Gasteiger partial charge in [0.1, 0.15) is 4.88 Å². The number of nitrogens with one attached hydrogen (secondary N) is 1. The summed E-state index contributed by atoms with van der Waals surface area (Å²) in [5.74, 6) is 5.69. The average molecular weight is 299 g/mol. The number of nitrogens with two attached hydrogens (primary N) is 1. The Labute approximate surface area is 128 Å². The third kappa shape index (κ3) is 4.15. The molecule has 5 heteroatoms. The Bertz CT molecular complexity index is 680. The van der Waals surface area contributed by atoms with Crippen molar-refractivity contribution in [3.05, 3.63) is 51.5 Å². The number of amides is 1. The van der Waals surface area contributed by atoms with Gasteiger partial charge in [0.05, 0.1) is 23.8 Å². The van der Waals surface area contributed by atoms with Crippen molar-refractivity contribution in [2.24, 2.45) is 5.73 Å². The summed E-state index contributed by atoms with van der Waals surface area (Å²) in [7, 11) is 0. The molecule has 0 aliphatic carbocycles. The molecule has 0 aliphatic heterocycles. The molecule has 1 amide bonds. The lowest BCUT2D eigenvalue weighted by Gasteiger charge is -2.13. The predicted octanol–water partition coefficient (Wildman–Crippen LogP) is 2.25. The van der Waals surface area contributed by atoms with Crippen LogP contribution in [0.1, 0.15) is 38.8 Å². The van der Waals surface area contributed by atoms with E-state index in [1.807, 2.05) is 38.1 Å². The van der Waals surface area contributed by atoms with E-state index in [9.17, 15) is 4.79 Å². The minimum absolute atomic E-state index is 0.0728. The summed E-state index contributed by atoms with van der Waals surface area (Å²) in [6.07, 6.45) is 1.60. The first-order valence-electron chi connectivity index (χ1n) is 6.62. The topological polar surface area (TPSA) is 68.0 Å². The molecular weight excluding hydrogens is 282 g/mol. The predicted molar refractivity (Wildman–Crippen MR) is 85.1 cm³/mol. The van der Waals surface area contributed by atoms with Gasteiger partial charge in [-0.05, 0) is 31.5 Å². The minimum atomic E-state index is -0.0971. The summed E-state index contributed by atoms with van der Waals surface area (Å²) in [6, 6.07) is 7.71. The van der Waals surface area contributed by atoms with E-state index in [1.54, 1.807) is 6.20 Å². The highest BCUT2D eigenvalue weighted by atomic mass is 32.1. The van der Waals surface area contributed by atoms with Crippen LogP contribution in [-0.2, 0) is 0 Å². The summed E-state index contributed by atoms with van der Waals surface area (Å²) in [6.45, 7) is 4.18. The van der Waals surface area contributed by atoms with Crippen LogP contribution in [0.2, 0.25) is 0 Å². The highest BCUT2D eigenvalue weighted by Gasteiger charge is 2.13. The van der Waals surface area contributed by atoms with Crippen LogP contribution in [0.4, 0.5) is 0 Å². The minimum Gasteiger partial charge on any atom is -0.345 e. The van der Waals surface area contributed by atoms with E-state index >= 15 is 0 Å². The number of thiazole rings is 1. The molecule has 4 nitrogen and oxygen atoms in total. The number of hydrogen-bond donors (Lipinski definition) is 2. The Morgan fingerprint density at radius 2 is 2.14 bits per heavy atom. The van der Waals surface area contributed by atoms with Crippen LogP contribution in [0, 0.1) is 18.8 Å². The molecule has 0 spiro atoms. The second kappa shape index (κ2) is 7.02. The molecule has 0 aliphatic rings. The molecule has 1 aromatic carbocycles. The summed E-state index contributed by atoms with van der Waals surface area (Å²) in [4.78, 5) is 16.8. The third-order valence-electron chi connectivity index (χ3n) is 2.94. The lowest BCUT2D eigenvalue weighted by molar-refractivity contribution is 0.0944. The van der Waals surface area contributed by atoms with Gasteiger partial charge in [0.2, 0.25) is 0 Å². The van der Waals surface area contributed by atoms with Crippen LogP contribution in [0.25, 0.3) is 0 Å². The van der Waals surface area contributed by atoms with E-state index in [0.29, 0.717) is 11.4 Å². The van der Waals surface area contributed by atoms with Gasteiger partial charge in [-0.1, -0.05) is 24.0 Å². The molecule has 108 valence electrons. The highest BCUT2D eigenvalue weighted by Crippen LogP contribution is 2.16. The molecule has 2 aromatic rings. The van der Waals surface area contributed by atoms with Gasteiger partial charge < -0.3 is 11.1 Å². The van der Waals surface area contributed by atoms with Crippen molar-refractivity contribution in [2.45, 2.75) is 19.9 Å². The first-order chi connectivity index (χ1) is 10.1. The monoisotopic (exact) mass is 299 g/mol.